The third-order valence-electron chi connectivity index (χ3n) is 4.68. The quantitative estimate of drug-likeness (QED) is 0.289. The molecule has 34 heavy (non-hydrogen) atoms. The number of para-hydroxylation sites is 2. The summed E-state index contributed by atoms with van der Waals surface area (Å²) in [5, 5.41) is 28.4. The van der Waals surface area contributed by atoms with Crippen molar-refractivity contribution in [2.75, 3.05) is 0 Å². The largest absolute Gasteiger partial charge is 0.484 e. The van der Waals surface area contributed by atoms with Crippen molar-refractivity contribution < 1.29 is 9.47 Å². The number of halogens is 2. The molecule has 0 aliphatic carbocycles. The van der Waals surface area contributed by atoms with Gasteiger partial charge in [-0.05, 0) is 24.3 Å². The number of hydrogen-bond donors (Lipinski definition) is 0. The molecule has 0 bridgehead atoms. The summed E-state index contributed by atoms with van der Waals surface area (Å²) in [5.74, 6) is 2.23. The maximum Gasteiger partial charge on any atom is 0.235 e. The van der Waals surface area contributed by atoms with Gasteiger partial charge in [0, 0.05) is 0 Å². The number of fused-ring (bicyclic) bond motifs is 2. The molecule has 0 spiro atoms. The summed E-state index contributed by atoms with van der Waals surface area (Å²) >= 11 is 15.0. The predicted octanol–water partition coefficient (Wildman–Crippen LogP) is 4.82. The fourth-order valence-corrected chi connectivity index (χ4v) is 5.18. The van der Waals surface area contributed by atoms with E-state index in [4.69, 9.17) is 32.7 Å². The highest BCUT2D eigenvalue weighted by Crippen LogP contribution is 2.30. The summed E-state index contributed by atoms with van der Waals surface area (Å²) in [7, 11) is 0. The van der Waals surface area contributed by atoms with Crippen LogP contribution in [0.5, 0.6) is 11.5 Å². The Labute approximate surface area is 209 Å². The second-order valence-corrected chi connectivity index (χ2v) is 9.60. The van der Waals surface area contributed by atoms with E-state index in [1.807, 2.05) is 24.3 Å². The summed E-state index contributed by atoms with van der Waals surface area (Å²) in [6, 6.07) is 14.5. The van der Waals surface area contributed by atoms with E-state index in [-0.39, 0.29) is 13.2 Å². The van der Waals surface area contributed by atoms with Crippen molar-refractivity contribution in [1.82, 2.24) is 39.6 Å². The van der Waals surface area contributed by atoms with Gasteiger partial charge in [-0.3, -0.25) is 0 Å². The molecule has 0 aliphatic rings. The van der Waals surface area contributed by atoms with Crippen molar-refractivity contribution in [2.24, 2.45) is 0 Å². The van der Waals surface area contributed by atoms with Crippen molar-refractivity contribution in [3.63, 3.8) is 0 Å². The number of ether oxygens (including phenoxy) is 2. The molecule has 0 amide bonds. The van der Waals surface area contributed by atoms with Crippen LogP contribution in [0.15, 0.2) is 48.5 Å². The SMILES string of the molecule is Clc1ccccc1OCc1nnc2sc(-c3nn4c(COc5ccccc5Cl)nnc4s3)nn12. The van der Waals surface area contributed by atoms with Crippen LogP contribution in [0.3, 0.4) is 0 Å². The van der Waals surface area contributed by atoms with Gasteiger partial charge in [0.25, 0.3) is 0 Å². The van der Waals surface area contributed by atoms with E-state index >= 15 is 0 Å². The lowest BCUT2D eigenvalue weighted by Crippen LogP contribution is -2.03. The Balaban J connectivity index is 1.23. The molecule has 0 saturated heterocycles. The summed E-state index contributed by atoms with van der Waals surface area (Å²) in [6.45, 7) is 0.339. The molecular weight excluding hydrogens is 519 g/mol. The van der Waals surface area contributed by atoms with E-state index in [9.17, 15) is 0 Å². The molecule has 0 saturated carbocycles. The first-order valence-corrected chi connectivity index (χ1v) is 12.2. The highest BCUT2D eigenvalue weighted by atomic mass is 35.5. The topological polar surface area (TPSA) is 105 Å². The highest BCUT2D eigenvalue weighted by Gasteiger charge is 2.19. The lowest BCUT2D eigenvalue weighted by Gasteiger charge is -2.05. The van der Waals surface area contributed by atoms with Crippen LogP contribution in [-0.2, 0) is 13.2 Å². The van der Waals surface area contributed by atoms with Gasteiger partial charge >= 0.3 is 0 Å². The van der Waals surface area contributed by atoms with Gasteiger partial charge in [-0.15, -0.1) is 30.6 Å². The number of rotatable bonds is 7. The number of hydrogen-bond acceptors (Lipinski definition) is 10. The Morgan fingerprint density at radius 1 is 0.647 bits per heavy atom. The Morgan fingerprint density at radius 3 is 1.53 bits per heavy atom. The van der Waals surface area contributed by atoms with Gasteiger partial charge in [-0.25, -0.2) is 0 Å². The Morgan fingerprint density at radius 2 is 1.09 bits per heavy atom. The van der Waals surface area contributed by atoms with E-state index in [0.29, 0.717) is 53.1 Å². The zero-order chi connectivity index (χ0) is 23.1. The van der Waals surface area contributed by atoms with Crippen LogP contribution in [0.4, 0.5) is 0 Å². The second-order valence-electron chi connectivity index (χ2n) is 6.87. The van der Waals surface area contributed by atoms with Crippen molar-refractivity contribution >= 4 is 55.8 Å². The maximum absolute atomic E-state index is 6.16. The fraction of sp³-hybridized carbons (Fsp3) is 0.100. The van der Waals surface area contributed by atoms with Gasteiger partial charge in [0.1, 0.15) is 24.7 Å². The van der Waals surface area contributed by atoms with Gasteiger partial charge in [0.05, 0.1) is 10.0 Å². The lowest BCUT2D eigenvalue weighted by molar-refractivity contribution is 0.293. The third-order valence-corrected chi connectivity index (χ3v) is 7.25. The zero-order valence-electron chi connectivity index (χ0n) is 17.0. The first-order valence-electron chi connectivity index (χ1n) is 9.83. The number of nitrogens with zero attached hydrogens (tertiary/aromatic N) is 8. The molecular formula is C20H12Cl2N8O2S2. The molecule has 170 valence electrons. The van der Waals surface area contributed by atoms with Crippen molar-refractivity contribution in [3.8, 4) is 21.5 Å². The standard InChI is InChI=1S/C20H12Cl2N8O2S2/c21-11-5-1-3-7-13(11)31-9-15-23-25-19-29(15)27-17(33-19)18-28-30-16(24-26-20(30)34-18)10-32-14-8-4-2-6-12(14)22/h1-8H,9-10H2. The molecule has 2 aromatic carbocycles. The summed E-state index contributed by atoms with van der Waals surface area (Å²) in [5.41, 5.74) is 0. The normalized spacial score (nSPS) is 11.5. The van der Waals surface area contributed by atoms with Gasteiger partial charge < -0.3 is 9.47 Å². The van der Waals surface area contributed by atoms with E-state index in [1.165, 1.54) is 22.7 Å². The average Bonchev–Trinajstić information content (AvgIpc) is 3.59. The van der Waals surface area contributed by atoms with Crippen molar-refractivity contribution in [2.45, 2.75) is 13.2 Å². The Bertz CT molecular complexity index is 1510. The number of benzene rings is 2. The first kappa shape index (κ1) is 21.2. The first-order chi connectivity index (χ1) is 16.7. The molecule has 0 N–H and O–H groups in total. The maximum atomic E-state index is 6.16. The molecule has 4 aromatic heterocycles. The predicted molar refractivity (Wildman–Crippen MR) is 128 cm³/mol. The zero-order valence-corrected chi connectivity index (χ0v) is 20.1. The van der Waals surface area contributed by atoms with Crippen LogP contribution in [0.2, 0.25) is 10.0 Å². The molecule has 6 aromatic rings. The monoisotopic (exact) mass is 530 g/mol. The minimum Gasteiger partial charge on any atom is -0.484 e. The van der Waals surface area contributed by atoms with E-state index in [1.54, 1.807) is 33.3 Å². The van der Waals surface area contributed by atoms with Gasteiger partial charge in [-0.1, -0.05) is 70.1 Å². The Kier molecular flexibility index (Phi) is 5.49. The molecule has 0 radical (unpaired) electrons. The van der Waals surface area contributed by atoms with Crippen LogP contribution >= 0.6 is 45.9 Å². The molecule has 10 nitrogen and oxygen atoms in total. The second kappa shape index (κ2) is 8.80. The van der Waals surface area contributed by atoms with Crippen LogP contribution in [0.25, 0.3) is 19.9 Å². The van der Waals surface area contributed by atoms with E-state index < -0.39 is 0 Å². The fourth-order valence-electron chi connectivity index (χ4n) is 3.08. The summed E-state index contributed by atoms with van der Waals surface area (Å²) < 4.78 is 14.8. The molecule has 0 atom stereocenters. The summed E-state index contributed by atoms with van der Waals surface area (Å²) in [4.78, 5) is 1.25. The van der Waals surface area contributed by atoms with Gasteiger partial charge in [0.2, 0.25) is 9.92 Å². The molecule has 0 unspecified atom stereocenters. The average molecular weight is 531 g/mol. The van der Waals surface area contributed by atoms with Crippen molar-refractivity contribution in [3.05, 3.63) is 70.2 Å². The van der Waals surface area contributed by atoms with Crippen LogP contribution in [0.1, 0.15) is 11.6 Å². The minimum absolute atomic E-state index is 0.169. The smallest absolute Gasteiger partial charge is 0.235 e. The molecule has 4 heterocycles. The lowest BCUT2D eigenvalue weighted by atomic mass is 10.3. The summed E-state index contributed by atoms with van der Waals surface area (Å²) in [6.07, 6.45) is 0. The minimum atomic E-state index is 0.169. The molecule has 6 rings (SSSR count). The third kappa shape index (κ3) is 3.94. The Hall–Kier alpha value is -3.32. The van der Waals surface area contributed by atoms with Gasteiger partial charge in [-0.2, -0.15) is 9.03 Å². The molecule has 14 heteroatoms. The van der Waals surface area contributed by atoms with Crippen LogP contribution in [0, 0.1) is 0 Å². The van der Waals surface area contributed by atoms with E-state index in [2.05, 4.69) is 30.6 Å². The van der Waals surface area contributed by atoms with Gasteiger partial charge in [0.15, 0.2) is 21.7 Å². The van der Waals surface area contributed by atoms with E-state index in [0.717, 1.165) is 0 Å². The molecule has 0 fully saturated rings. The van der Waals surface area contributed by atoms with Crippen LogP contribution < -0.4 is 9.47 Å². The van der Waals surface area contributed by atoms with Crippen LogP contribution in [-0.4, -0.2) is 39.6 Å². The number of aromatic nitrogens is 8. The van der Waals surface area contributed by atoms with Crippen molar-refractivity contribution in [1.29, 1.82) is 0 Å². The molecule has 0 aliphatic heterocycles. The highest BCUT2D eigenvalue weighted by molar-refractivity contribution is 7.26.